The Balaban J connectivity index is 2.85. The van der Waals surface area contributed by atoms with Crippen LogP contribution in [0, 0.1) is 5.82 Å². The van der Waals surface area contributed by atoms with E-state index in [1.165, 1.54) is 26.4 Å². The highest BCUT2D eigenvalue weighted by atomic mass is 35.5. The predicted octanol–water partition coefficient (Wildman–Crippen LogP) is 2.39. The quantitative estimate of drug-likeness (QED) is 0.828. The Morgan fingerprint density at radius 2 is 2.00 bits per heavy atom. The fourth-order valence-corrected chi connectivity index (χ4v) is 1.87. The van der Waals surface area contributed by atoms with E-state index in [4.69, 9.17) is 21.1 Å². The van der Waals surface area contributed by atoms with Crippen LogP contribution in [0.5, 0.6) is 0 Å². The molecule has 96 valence electrons. The second-order valence-electron chi connectivity index (χ2n) is 4.09. The highest BCUT2D eigenvalue weighted by Crippen LogP contribution is 2.22. The van der Waals surface area contributed by atoms with Gasteiger partial charge in [-0.05, 0) is 24.6 Å². The molecule has 0 aliphatic rings. The van der Waals surface area contributed by atoms with E-state index in [-0.39, 0.29) is 11.4 Å². The van der Waals surface area contributed by atoms with Crippen LogP contribution in [0.4, 0.5) is 4.39 Å². The smallest absolute Gasteiger partial charge is 0.185 e. The number of rotatable bonds is 5. The maximum Gasteiger partial charge on any atom is 0.185 e. The van der Waals surface area contributed by atoms with Crippen molar-refractivity contribution in [1.29, 1.82) is 0 Å². The first kappa shape index (κ1) is 14.4. The van der Waals surface area contributed by atoms with Gasteiger partial charge in [0.2, 0.25) is 0 Å². The number of hydrogen-bond acceptors (Lipinski definition) is 3. The van der Waals surface area contributed by atoms with Crippen LogP contribution in [0.15, 0.2) is 18.2 Å². The number of ether oxygens (including phenoxy) is 2. The van der Waals surface area contributed by atoms with Crippen LogP contribution in [0.1, 0.15) is 12.5 Å². The Kier molecular flexibility index (Phi) is 4.89. The fourth-order valence-electron chi connectivity index (χ4n) is 1.75. The largest absolute Gasteiger partial charge is 0.385 e. The first-order valence-corrected chi connectivity index (χ1v) is 5.50. The molecule has 0 aliphatic carbocycles. The van der Waals surface area contributed by atoms with E-state index >= 15 is 0 Å². The van der Waals surface area contributed by atoms with Crippen molar-refractivity contribution in [2.45, 2.75) is 25.2 Å². The Bertz CT molecular complexity index is 378. The van der Waals surface area contributed by atoms with Crippen LogP contribution < -0.4 is 0 Å². The van der Waals surface area contributed by atoms with E-state index in [0.717, 1.165) is 0 Å². The summed E-state index contributed by atoms with van der Waals surface area (Å²) in [4.78, 5) is 0. The SMILES string of the molecule is COC(OC)C(C)(O)Cc1ccc(Cl)c(F)c1. The lowest BCUT2D eigenvalue weighted by atomic mass is 9.96. The summed E-state index contributed by atoms with van der Waals surface area (Å²) in [5, 5.41) is 10.2. The van der Waals surface area contributed by atoms with E-state index in [0.29, 0.717) is 5.56 Å². The molecule has 1 rings (SSSR count). The van der Waals surface area contributed by atoms with Gasteiger partial charge >= 0.3 is 0 Å². The molecule has 1 unspecified atom stereocenters. The first-order valence-electron chi connectivity index (χ1n) is 5.12. The molecule has 0 spiro atoms. The lowest BCUT2D eigenvalue weighted by molar-refractivity contribution is -0.207. The summed E-state index contributed by atoms with van der Waals surface area (Å²) in [5.41, 5.74) is -0.625. The third kappa shape index (κ3) is 3.64. The average Bonchev–Trinajstić information content (AvgIpc) is 2.24. The van der Waals surface area contributed by atoms with E-state index in [1.54, 1.807) is 13.0 Å². The molecule has 0 fully saturated rings. The van der Waals surface area contributed by atoms with Crippen molar-refractivity contribution in [2.75, 3.05) is 14.2 Å². The molecule has 0 heterocycles. The van der Waals surface area contributed by atoms with Crippen LogP contribution in [0.2, 0.25) is 5.02 Å². The molecule has 0 saturated heterocycles. The highest BCUT2D eigenvalue weighted by molar-refractivity contribution is 6.30. The van der Waals surface area contributed by atoms with Crippen LogP contribution in [0.3, 0.4) is 0 Å². The minimum absolute atomic E-state index is 0.0587. The second kappa shape index (κ2) is 5.78. The zero-order chi connectivity index (χ0) is 13.1. The van der Waals surface area contributed by atoms with Crippen molar-refractivity contribution in [3.63, 3.8) is 0 Å². The molecular weight excluding hydrogens is 247 g/mol. The molecule has 5 heteroatoms. The predicted molar refractivity (Wildman–Crippen MR) is 63.5 cm³/mol. The molecule has 1 N–H and O–H groups in total. The van der Waals surface area contributed by atoms with E-state index in [1.807, 2.05) is 0 Å². The van der Waals surface area contributed by atoms with Gasteiger partial charge in [-0.25, -0.2) is 4.39 Å². The van der Waals surface area contributed by atoms with Crippen molar-refractivity contribution in [1.82, 2.24) is 0 Å². The molecule has 0 radical (unpaired) electrons. The lowest BCUT2D eigenvalue weighted by Crippen LogP contribution is -2.43. The standard InChI is InChI=1S/C12H16ClFO3/c1-12(15,11(16-2)17-3)7-8-4-5-9(13)10(14)6-8/h4-6,11,15H,7H2,1-3H3. The van der Waals surface area contributed by atoms with Gasteiger partial charge in [0.15, 0.2) is 6.29 Å². The summed E-state index contributed by atoms with van der Waals surface area (Å²) < 4.78 is 23.2. The van der Waals surface area contributed by atoms with Crippen LogP contribution in [0.25, 0.3) is 0 Å². The molecule has 17 heavy (non-hydrogen) atoms. The number of benzene rings is 1. The number of methoxy groups -OCH3 is 2. The Hall–Kier alpha value is -0.680. The molecular formula is C12H16ClFO3. The minimum atomic E-state index is -1.25. The number of aliphatic hydroxyl groups is 1. The molecule has 1 atom stereocenters. The third-order valence-corrected chi connectivity index (χ3v) is 2.79. The molecule has 0 aromatic heterocycles. The Morgan fingerprint density at radius 3 is 2.47 bits per heavy atom. The van der Waals surface area contributed by atoms with Gasteiger partial charge in [-0.3, -0.25) is 0 Å². The topological polar surface area (TPSA) is 38.7 Å². The van der Waals surface area contributed by atoms with Crippen molar-refractivity contribution < 1.29 is 19.0 Å². The molecule has 3 nitrogen and oxygen atoms in total. The monoisotopic (exact) mass is 262 g/mol. The molecule has 0 aliphatic heterocycles. The number of halogens is 2. The number of hydrogen-bond donors (Lipinski definition) is 1. The highest BCUT2D eigenvalue weighted by Gasteiger charge is 2.32. The van der Waals surface area contributed by atoms with Crippen LogP contribution >= 0.6 is 11.6 Å². The van der Waals surface area contributed by atoms with E-state index in [2.05, 4.69) is 0 Å². The molecule has 1 aromatic carbocycles. The van der Waals surface area contributed by atoms with Crippen molar-refractivity contribution in [3.8, 4) is 0 Å². The van der Waals surface area contributed by atoms with Crippen LogP contribution in [-0.2, 0) is 15.9 Å². The van der Waals surface area contributed by atoms with E-state index in [9.17, 15) is 9.50 Å². The summed E-state index contributed by atoms with van der Waals surface area (Å²) in [5.74, 6) is -0.508. The summed E-state index contributed by atoms with van der Waals surface area (Å²) in [6.45, 7) is 1.57. The van der Waals surface area contributed by atoms with Gasteiger partial charge in [-0.15, -0.1) is 0 Å². The molecule has 0 amide bonds. The van der Waals surface area contributed by atoms with Crippen molar-refractivity contribution in [2.24, 2.45) is 0 Å². The van der Waals surface area contributed by atoms with Gasteiger partial charge in [0.25, 0.3) is 0 Å². The lowest BCUT2D eigenvalue weighted by Gasteiger charge is -2.30. The van der Waals surface area contributed by atoms with Crippen molar-refractivity contribution in [3.05, 3.63) is 34.6 Å². The Morgan fingerprint density at radius 1 is 1.41 bits per heavy atom. The van der Waals surface area contributed by atoms with Gasteiger partial charge in [-0.1, -0.05) is 17.7 Å². The average molecular weight is 263 g/mol. The zero-order valence-electron chi connectivity index (χ0n) is 10.0. The fraction of sp³-hybridized carbons (Fsp3) is 0.500. The van der Waals surface area contributed by atoms with Gasteiger partial charge in [0, 0.05) is 20.6 Å². The summed E-state index contributed by atoms with van der Waals surface area (Å²) in [7, 11) is 2.87. The third-order valence-electron chi connectivity index (χ3n) is 2.48. The minimum Gasteiger partial charge on any atom is -0.385 e. The van der Waals surface area contributed by atoms with Gasteiger partial charge in [0.1, 0.15) is 11.4 Å². The van der Waals surface area contributed by atoms with Crippen molar-refractivity contribution >= 4 is 11.6 Å². The maximum absolute atomic E-state index is 13.2. The zero-order valence-corrected chi connectivity index (χ0v) is 10.8. The van der Waals surface area contributed by atoms with Gasteiger partial charge < -0.3 is 14.6 Å². The molecule has 0 saturated carbocycles. The normalized spacial score (nSPS) is 15.0. The first-order chi connectivity index (χ1) is 7.90. The molecule has 1 aromatic rings. The van der Waals surface area contributed by atoms with E-state index < -0.39 is 17.7 Å². The second-order valence-corrected chi connectivity index (χ2v) is 4.49. The Labute approximate surface area is 105 Å². The maximum atomic E-state index is 13.2. The summed E-state index contributed by atoms with van der Waals surface area (Å²) in [6, 6.07) is 4.40. The van der Waals surface area contributed by atoms with Crippen LogP contribution in [-0.4, -0.2) is 31.2 Å². The summed E-state index contributed by atoms with van der Waals surface area (Å²) >= 11 is 5.58. The summed E-state index contributed by atoms with van der Waals surface area (Å²) in [6.07, 6.45) is -0.575. The van der Waals surface area contributed by atoms with Gasteiger partial charge in [-0.2, -0.15) is 0 Å². The van der Waals surface area contributed by atoms with Gasteiger partial charge in [0.05, 0.1) is 5.02 Å². The molecule has 0 bridgehead atoms.